The highest BCUT2D eigenvalue weighted by molar-refractivity contribution is 5.17. The smallest absolute Gasteiger partial charge is 0.133 e. The molecule has 1 aliphatic rings. The molecule has 2 atom stereocenters. The SMILES string of the molecule is CCC1OCCC1CNCc1ccc(O)cn1. The molecule has 0 aromatic carbocycles. The van der Waals surface area contributed by atoms with Crippen molar-refractivity contribution < 1.29 is 9.84 Å². The van der Waals surface area contributed by atoms with Crippen LogP contribution in [0.15, 0.2) is 18.3 Å². The third kappa shape index (κ3) is 3.41. The second kappa shape index (κ2) is 5.98. The van der Waals surface area contributed by atoms with Gasteiger partial charge in [-0.2, -0.15) is 0 Å². The summed E-state index contributed by atoms with van der Waals surface area (Å²) < 4.78 is 5.64. The maximum Gasteiger partial charge on any atom is 0.133 e. The molecule has 0 bridgehead atoms. The minimum atomic E-state index is 0.212. The molecule has 94 valence electrons. The summed E-state index contributed by atoms with van der Waals surface area (Å²) in [6, 6.07) is 3.50. The molecule has 0 spiro atoms. The van der Waals surface area contributed by atoms with Gasteiger partial charge in [0, 0.05) is 19.7 Å². The number of ether oxygens (including phenoxy) is 1. The molecule has 2 unspecified atom stereocenters. The molecule has 1 fully saturated rings. The molecule has 1 aliphatic heterocycles. The first-order chi connectivity index (χ1) is 8.29. The second-order valence-electron chi connectivity index (χ2n) is 4.50. The third-order valence-electron chi connectivity index (χ3n) is 3.27. The fraction of sp³-hybridized carbons (Fsp3) is 0.615. The van der Waals surface area contributed by atoms with Crippen LogP contribution in [0, 0.1) is 5.92 Å². The van der Waals surface area contributed by atoms with Crippen molar-refractivity contribution in [2.75, 3.05) is 13.2 Å². The Kier molecular flexibility index (Phi) is 4.34. The van der Waals surface area contributed by atoms with Crippen LogP contribution in [0.5, 0.6) is 5.75 Å². The molecule has 0 saturated carbocycles. The van der Waals surface area contributed by atoms with Crippen LogP contribution in [-0.4, -0.2) is 29.3 Å². The lowest BCUT2D eigenvalue weighted by molar-refractivity contribution is 0.0872. The number of hydrogen-bond acceptors (Lipinski definition) is 4. The van der Waals surface area contributed by atoms with E-state index in [4.69, 9.17) is 9.84 Å². The molecular weight excluding hydrogens is 216 g/mol. The number of aromatic hydroxyl groups is 1. The zero-order valence-corrected chi connectivity index (χ0v) is 10.2. The van der Waals surface area contributed by atoms with E-state index < -0.39 is 0 Å². The van der Waals surface area contributed by atoms with E-state index in [1.165, 1.54) is 6.20 Å². The van der Waals surface area contributed by atoms with Crippen LogP contribution in [0.2, 0.25) is 0 Å². The van der Waals surface area contributed by atoms with E-state index in [-0.39, 0.29) is 5.75 Å². The zero-order chi connectivity index (χ0) is 12.1. The number of nitrogens with zero attached hydrogens (tertiary/aromatic N) is 1. The van der Waals surface area contributed by atoms with Gasteiger partial charge < -0.3 is 15.2 Å². The molecule has 0 amide bonds. The highest BCUT2D eigenvalue weighted by Crippen LogP contribution is 2.22. The zero-order valence-electron chi connectivity index (χ0n) is 10.2. The van der Waals surface area contributed by atoms with Crippen LogP contribution in [0.4, 0.5) is 0 Å². The van der Waals surface area contributed by atoms with Crippen molar-refractivity contribution >= 4 is 0 Å². The normalized spacial score (nSPS) is 24.1. The summed E-state index contributed by atoms with van der Waals surface area (Å²) in [7, 11) is 0. The maximum atomic E-state index is 9.12. The Morgan fingerprint density at radius 3 is 3.12 bits per heavy atom. The molecule has 1 aromatic heterocycles. The van der Waals surface area contributed by atoms with E-state index in [2.05, 4.69) is 17.2 Å². The van der Waals surface area contributed by atoms with Crippen molar-refractivity contribution in [2.45, 2.75) is 32.4 Å². The molecule has 2 N–H and O–H groups in total. The maximum absolute atomic E-state index is 9.12. The Balaban J connectivity index is 1.74. The van der Waals surface area contributed by atoms with Gasteiger partial charge in [-0.05, 0) is 30.9 Å². The first-order valence-electron chi connectivity index (χ1n) is 6.25. The largest absolute Gasteiger partial charge is 0.506 e. The average molecular weight is 236 g/mol. The van der Waals surface area contributed by atoms with Crippen LogP contribution in [-0.2, 0) is 11.3 Å². The van der Waals surface area contributed by atoms with Crippen LogP contribution in [0.1, 0.15) is 25.5 Å². The Morgan fingerprint density at radius 1 is 1.53 bits per heavy atom. The van der Waals surface area contributed by atoms with Gasteiger partial charge in [-0.25, -0.2) is 0 Å². The molecule has 2 heterocycles. The van der Waals surface area contributed by atoms with Gasteiger partial charge in [0.1, 0.15) is 5.75 Å². The lowest BCUT2D eigenvalue weighted by Gasteiger charge is -2.17. The summed E-state index contributed by atoms with van der Waals surface area (Å²) in [5.41, 5.74) is 0.953. The fourth-order valence-corrected chi connectivity index (χ4v) is 2.28. The number of pyridine rings is 1. The monoisotopic (exact) mass is 236 g/mol. The molecule has 2 rings (SSSR count). The molecule has 4 nitrogen and oxygen atoms in total. The van der Waals surface area contributed by atoms with Gasteiger partial charge in [0.05, 0.1) is 18.0 Å². The molecule has 17 heavy (non-hydrogen) atoms. The number of aromatic nitrogens is 1. The minimum Gasteiger partial charge on any atom is -0.506 e. The van der Waals surface area contributed by atoms with Crippen molar-refractivity contribution in [3.05, 3.63) is 24.0 Å². The van der Waals surface area contributed by atoms with Crippen molar-refractivity contribution in [1.82, 2.24) is 10.3 Å². The lowest BCUT2D eigenvalue weighted by atomic mass is 10.00. The van der Waals surface area contributed by atoms with E-state index in [0.29, 0.717) is 12.0 Å². The van der Waals surface area contributed by atoms with Crippen molar-refractivity contribution in [2.24, 2.45) is 5.92 Å². The summed E-state index contributed by atoms with van der Waals surface area (Å²) in [4.78, 5) is 4.14. The van der Waals surface area contributed by atoms with Gasteiger partial charge >= 0.3 is 0 Å². The second-order valence-corrected chi connectivity index (χ2v) is 4.50. The van der Waals surface area contributed by atoms with Gasteiger partial charge in [0.25, 0.3) is 0 Å². The molecule has 1 aromatic rings. The van der Waals surface area contributed by atoms with Gasteiger partial charge in [0.2, 0.25) is 0 Å². The number of hydrogen-bond donors (Lipinski definition) is 2. The van der Waals surface area contributed by atoms with E-state index >= 15 is 0 Å². The van der Waals surface area contributed by atoms with Crippen LogP contribution >= 0.6 is 0 Å². The molecule has 1 saturated heterocycles. The van der Waals surface area contributed by atoms with Crippen molar-refractivity contribution in [3.63, 3.8) is 0 Å². The minimum absolute atomic E-state index is 0.212. The van der Waals surface area contributed by atoms with Gasteiger partial charge in [-0.3, -0.25) is 4.98 Å². The molecule has 4 heteroatoms. The standard InChI is InChI=1S/C13H20N2O2/c1-2-13-10(5-6-17-13)7-14-8-11-3-4-12(16)9-15-11/h3-4,9-10,13-14,16H,2,5-8H2,1H3. The average Bonchev–Trinajstić information content (AvgIpc) is 2.79. The lowest BCUT2D eigenvalue weighted by Crippen LogP contribution is -2.28. The van der Waals surface area contributed by atoms with Crippen molar-refractivity contribution in [1.29, 1.82) is 0 Å². The van der Waals surface area contributed by atoms with Crippen LogP contribution in [0.25, 0.3) is 0 Å². The molecular formula is C13H20N2O2. The molecule has 0 aliphatic carbocycles. The number of nitrogens with one attached hydrogen (secondary N) is 1. The Hall–Kier alpha value is -1.13. The van der Waals surface area contributed by atoms with Gasteiger partial charge in [-0.15, -0.1) is 0 Å². The Morgan fingerprint density at radius 2 is 2.41 bits per heavy atom. The first kappa shape index (κ1) is 12.3. The van der Waals surface area contributed by atoms with E-state index in [0.717, 1.165) is 38.2 Å². The van der Waals surface area contributed by atoms with Crippen LogP contribution < -0.4 is 5.32 Å². The van der Waals surface area contributed by atoms with Crippen LogP contribution in [0.3, 0.4) is 0 Å². The summed E-state index contributed by atoms with van der Waals surface area (Å²) in [6.07, 6.45) is 4.12. The highest BCUT2D eigenvalue weighted by Gasteiger charge is 2.25. The number of rotatable bonds is 5. The predicted molar refractivity (Wildman–Crippen MR) is 65.7 cm³/mol. The first-order valence-corrected chi connectivity index (χ1v) is 6.25. The summed E-state index contributed by atoms with van der Waals surface area (Å²) in [5.74, 6) is 0.834. The van der Waals surface area contributed by atoms with Crippen molar-refractivity contribution in [3.8, 4) is 5.75 Å². The predicted octanol–water partition coefficient (Wildman–Crippen LogP) is 1.69. The quantitative estimate of drug-likeness (QED) is 0.817. The highest BCUT2D eigenvalue weighted by atomic mass is 16.5. The van der Waals surface area contributed by atoms with Gasteiger partial charge in [-0.1, -0.05) is 6.92 Å². The topological polar surface area (TPSA) is 54.4 Å². The summed E-state index contributed by atoms with van der Waals surface area (Å²) in [5, 5.41) is 12.5. The summed E-state index contributed by atoms with van der Waals surface area (Å²) >= 11 is 0. The Bertz CT molecular complexity index is 340. The van der Waals surface area contributed by atoms with E-state index in [9.17, 15) is 0 Å². The molecule has 0 radical (unpaired) electrons. The van der Waals surface area contributed by atoms with E-state index in [1.807, 2.05) is 6.07 Å². The Labute approximate surface area is 102 Å². The summed E-state index contributed by atoms with van der Waals surface area (Å²) in [6.45, 7) is 4.78. The third-order valence-corrected chi connectivity index (χ3v) is 3.27. The van der Waals surface area contributed by atoms with Gasteiger partial charge in [0.15, 0.2) is 0 Å². The van der Waals surface area contributed by atoms with E-state index in [1.54, 1.807) is 6.07 Å². The fourth-order valence-electron chi connectivity index (χ4n) is 2.28.